The summed E-state index contributed by atoms with van der Waals surface area (Å²) in [6.45, 7) is 2.81. The lowest BCUT2D eigenvalue weighted by Crippen LogP contribution is -2.05. The van der Waals surface area contributed by atoms with Crippen LogP contribution in [0.5, 0.6) is 0 Å². The standard InChI is InChI=1S/C12H16FN/c1-10-6-7-11(12(13)9-10)5-3-4-8-14-2/h3,5-7,9,14H,4,8H2,1-2H3. The predicted octanol–water partition coefficient (Wildman–Crippen LogP) is 2.76. The molecule has 76 valence electrons. The van der Waals surface area contributed by atoms with Crippen LogP contribution in [0.2, 0.25) is 0 Å². The summed E-state index contributed by atoms with van der Waals surface area (Å²) in [5.74, 6) is -0.147. The van der Waals surface area contributed by atoms with Crippen molar-refractivity contribution in [3.05, 3.63) is 41.2 Å². The van der Waals surface area contributed by atoms with Gasteiger partial charge >= 0.3 is 0 Å². The molecule has 1 aromatic carbocycles. The molecule has 2 heteroatoms. The van der Waals surface area contributed by atoms with Crippen molar-refractivity contribution in [3.63, 3.8) is 0 Å². The second-order valence-corrected chi connectivity index (χ2v) is 3.32. The van der Waals surface area contributed by atoms with E-state index in [0.717, 1.165) is 18.5 Å². The molecule has 1 aromatic rings. The minimum Gasteiger partial charge on any atom is -0.319 e. The highest BCUT2D eigenvalue weighted by Gasteiger charge is 1.96. The molecule has 0 fully saturated rings. The van der Waals surface area contributed by atoms with E-state index in [1.807, 2.05) is 32.2 Å². The van der Waals surface area contributed by atoms with Gasteiger partial charge in [-0.25, -0.2) is 4.39 Å². The van der Waals surface area contributed by atoms with Gasteiger partial charge < -0.3 is 5.32 Å². The Kier molecular flexibility index (Phi) is 4.33. The van der Waals surface area contributed by atoms with Crippen LogP contribution in [0.25, 0.3) is 6.08 Å². The van der Waals surface area contributed by atoms with E-state index in [1.54, 1.807) is 12.1 Å². The fraction of sp³-hybridized carbons (Fsp3) is 0.333. The normalized spacial score (nSPS) is 11.1. The van der Waals surface area contributed by atoms with E-state index < -0.39 is 0 Å². The number of halogens is 1. The van der Waals surface area contributed by atoms with Crippen LogP contribution in [-0.2, 0) is 0 Å². The van der Waals surface area contributed by atoms with Gasteiger partial charge in [-0.15, -0.1) is 0 Å². The molecular formula is C12H16FN. The SMILES string of the molecule is CNCCC=Cc1ccc(C)cc1F. The fourth-order valence-corrected chi connectivity index (χ4v) is 1.21. The van der Waals surface area contributed by atoms with Crippen molar-refractivity contribution in [2.24, 2.45) is 0 Å². The van der Waals surface area contributed by atoms with Gasteiger partial charge in [-0.05, 0) is 38.6 Å². The quantitative estimate of drug-likeness (QED) is 0.725. The van der Waals surface area contributed by atoms with E-state index in [-0.39, 0.29) is 5.82 Å². The highest BCUT2D eigenvalue weighted by molar-refractivity contribution is 5.50. The number of rotatable bonds is 4. The zero-order valence-electron chi connectivity index (χ0n) is 8.68. The second-order valence-electron chi connectivity index (χ2n) is 3.32. The van der Waals surface area contributed by atoms with Crippen molar-refractivity contribution < 1.29 is 4.39 Å². The van der Waals surface area contributed by atoms with Crippen LogP contribution in [-0.4, -0.2) is 13.6 Å². The zero-order chi connectivity index (χ0) is 10.4. The molecule has 0 saturated carbocycles. The molecule has 1 N–H and O–H groups in total. The highest BCUT2D eigenvalue weighted by atomic mass is 19.1. The van der Waals surface area contributed by atoms with Crippen LogP contribution in [0, 0.1) is 12.7 Å². The summed E-state index contributed by atoms with van der Waals surface area (Å²) in [5, 5.41) is 3.03. The van der Waals surface area contributed by atoms with E-state index in [4.69, 9.17) is 0 Å². The van der Waals surface area contributed by atoms with Gasteiger partial charge in [0.05, 0.1) is 0 Å². The lowest BCUT2D eigenvalue weighted by Gasteiger charge is -1.98. The van der Waals surface area contributed by atoms with Crippen LogP contribution < -0.4 is 5.32 Å². The number of hydrogen-bond acceptors (Lipinski definition) is 1. The summed E-state index contributed by atoms with van der Waals surface area (Å²) in [6.07, 6.45) is 4.72. The Morgan fingerprint density at radius 2 is 2.21 bits per heavy atom. The summed E-state index contributed by atoms with van der Waals surface area (Å²) < 4.78 is 13.3. The first-order chi connectivity index (χ1) is 6.74. The topological polar surface area (TPSA) is 12.0 Å². The third-order valence-corrected chi connectivity index (χ3v) is 2.01. The Morgan fingerprint density at radius 1 is 1.43 bits per heavy atom. The Labute approximate surface area is 84.6 Å². The van der Waals surface area contributed by atoms with Gasteiger partial charge in [-0.1, -0.05) is 24.3 Å². The van der Waals surface area contributed by atoms with Crippen LogP contribution in [0.1, 0.15) is 17.5 Å². The van der Waals surface area contributed by atoms with Crippen molar-refractivity contribution in [3.8, 4) is 0 Å². The maximum absolute atomic E-state index is 13.3. The molecule has 14 heavy (non-hydrogen) atoms. The van der Waals surface area contributed by atoms with Crippen LogP contribution in [0.3, 0.4) is 0 Å². The minimum atomic E-state index is -0.147. The van der Waals surface area contributed by atoms with E-state index in [1.165, 1.54) is 0 Å². The molecule has 0 heterocycles. The van der Waals surface area contributed by atoms with E-state index in [2.05, 4.69) is 5.32 Å². The smallest absolute Gasteiger partial charge is 0.130 e. The summed E-state index contributed by atoms with van der Waals surface area (Å²) in [5.41, 5.74) is 1.61. The maximum Gasteiger partial charge on any atom is 0.130 e. The third-order valence-electron chi connectivity index (χ3n) is 2.01. The van der Waals surface area contributed by atoms with Crippen molar-refractivity contribution in [1.82, 2.24) is 5.32 Å². The second kappa shape index (κ2) is 5.55. The largest absolute Gasteiger partial charge is 0.319 e. The van der Waals surface area contributed by atoms with Crippen molar-refractivity contribution >= 4 is 6.08 Å². The van der Waals surface area contributed by atoms with Gasteiger partial charge in [0.15, 0.2) is 0 Å². The maximum atomic E-state index is 13.3. The molecule has 0 aromatic heterocycles. The molecule has 0 radical (unpaired) electrons. The van der Waals surface area contributed by atoms with Crippen molar-refractivity contribution in [2.75, 3.05) is 13.6 Å². The minimum absolute atomic E-state index is 0.147. The number of hydrogen-bond donors (Lipinski definition) is 1. The number of aryl methyl sites for hydroxylation is 1. The van der Waals surface area contributed by atoms with Crippen LogP contribution >= 0.6 is 0 Å². The van der Waals surface area contributed by atoms with E-state index >= 15 is 0 Å². The summed E-state index contributed by atoms with van der Waals surface area (Å²) in [6, 6.07) is 5.28. The number of nitrogens with one attached hydrogen (secondary N) is 1. The molecule has 0 amide bonds. The monoisotopic (exact) mass is 193 g/mol. The van der Waals surface area contributed by atoms with Gasteiger partial charge in [-0.3, -0.25) is 0 Å². The molecular weight excluding hydrogens is 177 g/mol. The highest BCUT2D eigenvalue weighted by Crippen LogP contribution is 2.11. The average Bonchev–Trinajstić information content (AvgIpc) is 2.15. The Balaban J connectivity index is 2.62. The van der Waals surface area contributed by atoms with Crippen LogP contribution in [0.4, 0.5) is 4.39 Å². The van der Waals surface area contributed by atoms with Gasteiger partial charge in [0, 0.05) is 5.56 Å². The van der Waals surface area contributed by atoms with Crippen LogP contribution in [0.15, 0.2) is 24.3 Å². The van der Waals surface area contributed by atoms with Crippen molar-refractivity contribution in [1.29, 1.82) is 0 Å². The van der Waals surface area contributed by atoms with E-state index in [9.17, 15) is 4.39 Å². The molecule has 0 aliphatic carbocycles. The van der Waals surface area contributed by atoms with Gasteiger partial charge in [0.25, 0.3) is 0 Å². The molecule has 0 bridgehead atoms. The van der Waals surface area contributed by atoms with E-state index in [0.29, 0.717) is 5.56 Å². The zero-order valence-corrected chi connectivity index (χ0v) is 8.68. The molecule has 0 aliphatic heterocycles. The Bertz CT molecular complexity index is 318. The lowest BCUT2D eigenvalue weighted by atomic mass is 10.1. The van der Waals surface area contributed by atoms with Gasteiger partial charge in [0.2, 0.25) is 0 Å². The summed E-state index contributed by atoms with van der Waals surface area (Å²) in [4.78, 5) is 0. The van der Waals surface area contributed by atoms with Gasteiger partial charge in [-0.2, -0.15) is 0 Å². The first kappa shape index (κ1) is 10.9. The van der Waals surface area contributed by atoms with Crippen molar-refractivity contribution in [2.45, 2.75) is 13.3 Å². The lowest BCUT2D eigenvalue weighted by molar-refractivity contribution is 0.624. The molecule has 1 nitrogen and oxygen atoms in total. The fourth-order valence-electron chi connectivity index (χ4n) is 1.21. The Morgan fingerprint density at radius 3 is 2.86 bits per heavy atom. The molecule has 0 saturated heterocycles. The third kappa shape index (κ3) is 3.30. The predicted molar refractivity (Wildman–Crippen MR) is 58.7 cm³/mol. The molecule has 0 unspecified atom stereocenters. The molecule has 0 atom stereocenters. The first-order valence-electron chi connectivity index (χ1n) is 4.81. The molecule has 0 aliphatic rings. The van der Waals surface area contributed by atoms with Gasteiger partial charge in [0.1, 0.15) is 5.82 Å². The Hall–Kier alpha value is -1.15. The first-order valence-corrected chi connectivity index (χ1v) is 4.81. The molecule has 1 rings (SSSR count). The average molecular weight is 193 g/mol. The molecule has 0 spiro atoms. The summed E-state index contributed by atoms with van der Waals surface area (Å²) >= 11 is 0. The summed E-state index contributed by atoms with van der Waals surface area (Å²) in [7, 11) is 1.90. The number of benzene rings is 1.